The van der Waals surface area contributed by atoms with Crippen molar-refractivity contribution in [2.75, 3.05) is 39.9 Å². The molecule has 0 aliphatic carbocycles. The van der Waals surface area contributed by atoms with E-state index in [2.05, 4.69) is 44.6 Å². The van der Waals surface area contributed by atoms with Crippen LogP contribution < -0.4 is 10.6 Å². The average Bonchev–Trinajstić information content (AvgIpc) is 3.18. The second kappa shape index (κ2) is 8.96. The Morgan fingerprint density at radius 3 is 2.63 bits per heavy atom. The molecule has 0 bridgehead atoms. The van der Waals surface area contributed by atoms with Crippen LogP contribution >= 0.6 is 0 Å². The van der Waals surface area contributed by atoms with Crippen molar-refractivity contribution in [3.63, 3.8) is 0 Å². The van der Waals surface area contributed by atoms with Gasteiger partial charge in [0.25, 0.3) is 0 Å². The molecule has 27 heavy (non-hydrogen) atoms. The number of nitrogens with zero attached hydrogens (tertiary/aromatic N) is 5. The molecular weight excluding hydrogens is 342 g/mol. The summed E-state index contributed by atoms with van der Waals surface area (Å²) in [5.41, 5.74) is 1.06. The molecular formula is C19H29N7O. The molecule has 8 heteroatoms. The molecule has 1 aromatic heterocycles. The van der Waals surface area contributed by atoms with Gasteiger partial charge in [-0.05, 0) is 26.0 Å². The van der Waals surface area contributed by atoms with Gasteiger partial charge in [0.15, 0.2) is 11.8 Å². The summed E-state index contributed by atoms with van der Waals surface area (Å²) in [6.45, 7) is 9.32. The highest BCUT2D eigenvalue weighted by molar-refractivity contribution is 5.79. The molecule has 1 aliphatic heterocycles. The minimum absolute atomic E-state index is 0.0193. The molecule has 1 aromatic carbocycles. The molecule has 0 unspecified atom stereocenters. The zero-order valence-corrected chi connectivity index (χ0v) is 16.4. The molecule has 3 rings (SSSR count). The van der Waals surface area contributed by atoms with Crippen LogP contribution in [-0.4, -0.2) is 71.1 Å². The molecule has 0 atom stereocenters. The molecule has 2 N–H and O–H groups in total. The van der Waals surface area contributed by atoms with Gasteiger partial charge in [0.05, 0.1) is 19.8 Å². The normalized spacial score (nSPS) is 16.3. The van der Waals surface area contributed by atoms with E-state index in [1.54, 1.807) is 13.4 Å². The van der Waals surface area contributed by atoms with Crippen molar-refractivity contribution in [2.24, 2.45) is 4.99 Å². The minimum atomic E-state index is 0.0193. The Morgan fingerprint density at radius 2 is 1.93 bits per heavy atom. The predicted molar refractivity (Wildman–Crippen MR) is 106 cm³/mol. The second-order valence-electron chi connectivity index (χ2n) is 7.14. The van der Waals surface area contributed by atoms with Crippen LogP contribution in [-0.2, 0) is 11.3 Å². The van der Waals surface area contributed by atoms with Crippen LogP contribution in [0.5, 0.6) is 0 Å². The number of rotatable bonds is 6. The van der Waals surface area contributed by atoms with E-state index in [0.717, 1.165) is 50.3 Å². The molecule has 0 radical (unpaired) electrons. The molecule has 8 nitrogen and oxygen atoms in total. The fraction of sp³-hybridized carbons (Fsp3) is 0.526. The number of nitrogens with one attached hydrogen (secondary N) is 2. The van der Waals surface area contributed by atoms with Gasteiger partial charge in [-0.2, -0.15) is 0 Å². The lowest BCUT2D eigenvalue weighted by Crippen LogP contribution is -2.56. The van der Waals surface area contributed by atoms with Gasteiger partial charge in [-0.1, -0.05) is 18.2 Å². The van der Waals surface area contributed by atoms with Gasteiger partial charge >= 0.3 is 0 Å². The number of guanidine groups is 1. The highest BCUT2D eigenvalue weighted by Gasteiger charge is 2.28. The maximum Gasteiger partial charge on any atom is 0.191 e. The van der Waals surface area contributed by atoms with E-state index in [1.165, 1.54) is 0 Å². The number of benzene rings is 1. The van der Waals surface area contributed by atoms with Crippen LogP contribution in [0.4, 0.5) is 0 Å². The van der Waals surface area contributed by atoms with Crippen molar-refractivity contribution in [3.05, 3.63) is 42.5 Å². The topological polar surface area (TPSA) is 79.6 Å². The lowest BCUT2D eigenvalue weighted by Gasteiger charge is -2.41. The van der Waals surface area contributed by atoms with Gasteiger partial charge in [0.1, 0.15) is 6.33 Å². The van der Waals surface area contributed by atoms with Crippen LogP contribution in [0.1, 0.15) is 19.7 Å². The maximum absolute atomic E-state index is 5.46. The van der Waals surface area contributed by atoms with Crippen molar-refractivity contribution in [1.82, 2.24) is 30.3 Å². The van der Waals surface area contributed by atoms with Crippen molar-refractivity contribution in [2.45, 2.75) is 25.9 Å². The zero-order valence-electron chi connectivity index (χ0n) is 16.4. The Kier molecular flexibility index (Phi) is 6.41. The van der Waals surface area contributed by atoms with E-state index < -0.39 is 0 Å². The van der Waals surface area contributed by atoms with Crippen molar-refractivity contribution in [3.8, 4) is 5.69 Å². The quantitative estimate of drug-likeness (QED) is 0.584. The molecule has 1 aliphatic rings. The summed E-state index contributed by atoms with van der Waals surface area (Å²) in [7, 11) is 1.78. The van der Waals surface area contributed by atoms with E-state index in [1.807, 2.05) is 34.9 Å². The second-order valence-corrected chi connectivity index (χ2v) is 7.14. The number of aromatic nitrogens is 3. The third-order valence-electron chi connectivity index (χ3n) is 4.85. The third kappa shape index (κ3) is 5.05. The number of hydrogen-bond donors (Lipinski definition) is 2. The molecule has 146 valence electrons. The largest absolute Gasteiger partial charge is 0.379 e. The summed E-state index contributed by atoms with van der Waals surface area (Å²) in [5, 5.41) is 15.0. The summed E-state index contributed by atoms with van der Waals surface area (Å²) >= 11 is 0. The van der Waals surface area contributed by atoms with Crippen molar-refractivity contribution < 1.29 is 4.74 Å². The monoisotopic (exact) mass is 371 g/mol. The van der Waals surface area contributed by atoms with Gasteiger partial charge in [-0.15, -0.1) is 10.2 Å². The van der Waals surface area contributed by atoms with E-state index in [4.69, 9.17) is 4.74 Å². The van der Waals surface area contributed by atoms with Gasteiger partial charge in [0, 0.05) is 37.9 Å². The molecule has 1 fully saturated rings. The van der Waals surface area contributed by atoms with Gasteiger partial charge < -0.3 is 15.4 Å². The third-order valence-corrected chi connectivity index (χ3v) is 4.85. The molecule has 0 amide bonds. The average molecular weight is 371 g/mol. The lowest BCUT2D eigenvalue weighted by atomic mass is 10.0. The SMILES string of the molecule is CN=C(NCc1nncn1-c1ccccc1)NCC(C)(C)N1CCOCC1. The summed E-state index contributed by atoms with van der Waals surface area (Å²) in [5.74, 6) is 1.58. The van der Waals surface area contributed by atoms with Crippen LogP contribution in [0.25, 0.3) is 5.69 Å². The highest BCUT2D eigenvalue weighted by atomic mass is 16.5. The predicted octanol–water partition coefficient (Wildman–Crippen LogP) is 1.04. The highest BCUT2D eigenvalue weighted by Crippen LogP contribution is 2.15. The first-order valence-corrected chi connectivity index (χ1v) is 9.32. The first-order valence-electron chi connectivity index (χ1n) is 9.32. The molecule has 2 aromatic rings. The fourth-order valence-electron chi connectivity index (χ4n) is 3.15. The smallest absolute Gasteiger partial charge is 0.191 e. The van der Waals surface area contributed by atoms with E-state index in [0.29, 0.717) is 6.54 Å². The summed E-state index contributed by atoms with van der Waals surface area (Å²) < 4.78 is 7.43. The first kappa shape index (κ1) is 19.3. The Morgan fingerprint density at radius 1 is 1.19 bits per heavy atom. The van der Waals surface area contributed by atoms with Crippen LogP contribution in [0.2, 0.25) is 0 Å². The molecule has 1 saturated heterocycles. The van der Waals surface area contributed by atoms with Crippen LogP contribution in [0.3, 0.4) is 0 Å². The van der Waals surface area contributed by atoms with Gasteiger partial charge in [-0.3, -0.25) is 14.5 Å². The minimum Gasteiger partial charge on any atom is -0.379 e. The van der Waals surface area contributed by atoms with Crippen molar-refractivity contribution in [1.29, 1.82) is 0 Å². The maximum atomic E-state index is 5.46. The number of ether oxygens (including phenoxy) is 1. The lowest BCUT2D eigenvalue weighted by molar-refractivity contribution is -0.00834. The van der Waals surface area contributed by atoms with Crippen molar-refractivity contribution >= 4 is 5.96 Å². The fourth-order valence-corrected chi connectivity index (χ4v) is 3.15. The molecule has 0 saturated carbocycles. The zero-order chi connectivity index (χ0) is 19.1. The van der Waals surface area contributed by atoms with E-state index in [-0.39, 0.29) is 5.54 Å². The summed E-state index contributed by atoms with van der Waals surface area (Å²) in [4.78, 5) is 6.78. The number of morpholine rings is 1. The number of hydrogen-bond acceptors (Lipinski definition) is 5. The Hall–Kier alpha value is -2.45. The van der Waals surface area contributed by atoms with Crippen LogP contribution in [0.15, 0.2) is 41.7 Å². The Balaban J connectivity index is 1.55. The van der Waals surface area contributed by atoms with Gasteiger partial charge in [-0.25, -0.2) is 0 Å². The molecule has 0 spiro atoms. The number of para-hydroxylation sites is 1. The van der Waals surface area contributed by atoms with E-state index >= 15 is 0 Å². The Labute approximate surface area is 160 Å². The van der Waals surface area contributed by atoms with Gasteiger partial charge in [0.2, 0.25) is 0 Å². The molecule has 2 heterocycles. The standard InChI is InChI=1S/C19H29N7O/c1-19(2,25-9-11-27-12-10-25)14-22-18(20-3)21-13-17-24-23-15-26(17)16-7-5-4-6-8-16/h4-8,15H,9-14H2,1-3H3,(H2,20,21,22). The Bertz CT molecular complexity index is 736. The van der Waals surface area contributed by atoms with Crippen LogP contribution in [0, 0.1) is 0 Å². The van der Waals surface area contributed by atoms with E-state index in [9.17, 15) is 0 Å². The summed E-state index contributed by atoms with van der Waals surface area (Å²) in [6, 6.07) is 10.1. The number of aliphatic imine (C=N–C) groups is 1. The summed E-state index contributed by atoms with van der Waals surface area (Å²) in [6.07, 6.45) is 1.73. The first-order chi connectivity index (χ1) is 13.1.